The van der Waals surface area contributed by atoms with E-state index in [2.05, 4.69) is 6.92 Å². The molecule has 0 bridgehead atoms. The van der Waals surface area contributed by atoms with Crippen molar-refractivity contribution in [3.8, 4) is 17.2 Å². The smallest absolute Gasteiger partial charge is 0.185 e. The number of carbonyl (C=O) groups excluding carboxylic acids is 1. The molecular formula is C23H28O4. The second kappa shape index (κ2) is 10.4. The van der Waals surface area contributed by atoms with Crippen LogP contribution in [0, 0.1) is 6.92 Å². The lowest BCUT2D eigenvalue weighted by Gasteiger charge is -2.13. The van der Waals surface area contributed by atoms with Gasteiger partial charge in [-0.1, -0.05) is 13.0 Å². The van der Waals surface area contributed by atoms with Crippen LogP contribution in [0.1, 0.15) is 48.7 Å². The maximum Gasteiger partial charge on any atom is 0.185 e. The first-order valence-corrected chi connectivity index (χ1v) is 9.44. The minimum absolute atomic E-state index is 0.0591. The molecule has 0 saturated heterocycles. The number of hydrogen-bond donors (Lipinski definition) is 0. The van der Waals surface area contributed by atoms with E-state index in [0.29, 0.717) is 25.4 Å². The number of rotatable bonds is 10. The summed E-state index contributed by atoms with van der Waals surface area (Å²) in [4.78, 5) is 12.5. The van der Waals surface area contributed by atoms with Crippen molar-refractivity contribution in [3.63, 3.8) is 0 Å². The molecule has 0 saturated carbocycles. The van der Waals surface area contributed by atoms with Crippen LogP contribution >= 0.6 is 0 Å². The SMILES string of the molecule is CCCOc1ccc(C(=O)C=Cc2cc(OCC)cc(OCC)c2C)cc1. The van der Waals surface area contributed by atoms with Gasteiger partial charge in [-0.05, 0) is 74.7 Å². The average Bonchev–Trinajstić information content (AvgIpc) is 2.68. The summed E-state index contributed by atoms with van der Waals surface area (Å²) >= 11 is 0. The van der Waals surface area contributed by atoms with Gasteiger partial charge in [-0.15, -0.1) is 0 Å². The zero-order valence-electron chi connectivity index (χ0n) is 16.6. The van der Waals surface area contributed by atoms with E-state index in [4.69, 9.17) is 14.2 Å². The Morgan fingerprint density at radius 2 is 1.63 bits per heavy atom. The topological polar surface area (TPSA) is 44.8 Å². The highest BCUT2D eigenvalue weighted by Gasteiger charge is 2.09. The standard InChI is InChI=1S/C23H28O4/c1-5-14-27-20-11-8-18(9-12-20)22(24)13-10-19-15-21(25-6-2)16-23(17(19)4)26-7-3/h8-13,15-16H,5-7,14H2,1-4H3. The van der Waals surface area contributed by atoms with Crippen LogP contribution in [0.15, 0.2) is 42.5 Å². The molecule has 0 radical (unpaired) electrons. The highest BCUT2D eigenvalue weighted by atomic mass is 16.5. The largest absolute Gasteiger partial charge is 0.494 e. The molecule has 0 aliphatic heterocycles. The number of benzene rings is 2. The van der Waals surface area contributed by atoms with Crippen LogP contribution in [0.3, 0.4) is 0 Å². The normalized spacial score (nSPS) is 10.8. The zero-order valence-corrected chi connectivity index (χ0v) is 16.6. The number of allylic oxidation sites excluding steroid dienone is 1. The van der Waals surface area contributed by atoms with E-state index in [1.807, 2.05) is 51.1 Å². The van der Waals surface area contributed by atoms with E-state index in [-0.39, 0.29) is 5.78 Å². The Bertz CT molecular complexity index is 776. The lowest BCUT2D eigenvalue weighted by molar-refractivity contribution is 0.104. The Morgan fingerprint density at radius 1 is 0.926 bits per heavy atom. The van der Waals surface area contributed by atoms with Gasteiger partial charge >= 0.3 is 0 Å². The van der Waals surface area contributed by atoms with Crippen LogP contribution in [-0.2, 0) is 0 Å². The maximum absolute atomic E-state index is 12.5. The third-order valence-corrected chi connectivity index (χ3v) is 4.01. The van der Waals surface area contributed by atoms with Crippen LogP contribution < -0.4 is 14.2 Å². The molecule has 0 aliphatic rings. The molecule has 4 nitrogen and oxygen atoms in total. The molecule has 0 aliphatic carbocycles. The molecule has 2 rings (SSSR count). The predicted molar refractivity (Wildman–Crippen MR) is 109 cm³/mol. The molecule has 0 fully saturated rings. The molecule has 2 aromatic carbocycles. The van der Waals surface area contributed by atoms with Crippen molar-refractivity contribution >= 4 is 11.9 Å². The van der Waals surface area contributed by atoms with Crippen molar-refractivity contribution in [2.45, 2.75) is 34.1 Å². The lowest BCUT2D eigenvalue weighted by atomic mass is 10.0. The van der Waals surface area contributed by atoms with Crippen LogP contribution in [0.2, 0.25) is 0 Å². The Kier molecular flexibility index (Phi) is 7.93. The van der Waals surface area contributed by atoms with Gasteiger partial charge in [0.2, 0.25) is 0 Å². The molecule has 144 valence electrons. The fraction of sp³-hybridized carbons (Fsp3) is 0.348. The number of ether oxygens (including phenoxy) is 3. The summed E-state index contributed by atoms with van der Waals surface area (Å²) in [7, 11) is 0. The molecule has 0 heterocycles. The predicted octanol–water partition coefficient (Wildman–Crippen LogP) is 5.48. The van der Waals surface area contributed by atoms with Gasteiger partial charge in [-0.3, -0.25) is 4.79 Å². The summed E-state index contributed by atoms with van der Waals surface area (Å²) in [5.41, 5.74) is 2.51. The fourth-order valence-electron chi connectivity index (χ4n) is 2.61. The van der Waals surface area contributed by atoms with Gasteiger partial charge < -0.3 is 14.2 Å². The summed E-state index contributed by atoms with van der Waals surface area (Å²) in [6.07, 6.45) is 4.34. The average molecular weight is 368 g/mol. The summed E-state index contributed by atoms with van der Waals surface area (Å²) in [6, 6.07) is 11.0. The first-order valence-electron chi connectivity index (χ1n) is 9.44. The van der Waals surface area contributed by atoms with Crippen molar-refractivity contribution in [1.29, 1.82) is 0 Å². The zero-order chi connectivity index (χ0) is 19.6. The van der Waals surface area contributed by atoms with Crippen molar-refractivity contribution in [2.24, 2.45) is 0 Å². The first-order chi connectivity index (χ1) is 13.1. The van der Waals surface area contributed by atoms with Gasteiger partial charge in [0.25, 0.3) is 0 Å². The van der Waals surface area contributed by atoms with Crippen molar-refractivity contribution in [2.75, 3.05) is 19.8 Å². The van der Waals surface area contributed by atoms with Crippen molar-refractivity contribution < 1.29 is 19.0 Å². The van der Waals surface area contributed by atoms with E-state index in [1.165, 1.54) is 0 Å². The van der Waals surface area contributed by atoms with E-state index in [1.54, 1.807) is 18.2 Å². The molecule has 0 aromatic heterocycles. The number of ketones is 1. The Hall–Kier alpha value is -2.75. The summed E-state index contributed by atoms with van der Waals surface area (Å²) in [5, 5.41) is 0. The van der Waals surface area contributed by atoms with E-state index >= 15 is 0 Å². The monoisotopic (exact) mass is 368 g/mol. The van der Waals surface area contributed by atoms with Gasteiger partial charge in [0.1, 0.15) is 17.2 Å². The fourth-order valence-corrected chi connectivity index (χ4v) is 2.61. The Morgan fingerprint density at radius 3 is 2.26 bits per heavy atom. The van der Waals surface area contributed by atoms with Crippen molar-refractivity contribution in [1.82, 2.24) is 0 Å². The molecule has 2 aromatic rings. The second-order valence-electron chi connectivity index (χ2n) is 6.07. The third-order valence-electron chi connectivity index (χ3n) is 4.01. The van der Waals surface area contributed by atoms with Crippen LogP contribution in [0.25, 0.3) is 6.08 Å². The van der Waals surface area contributed by atoms with Crippen LogP contribution in [0.5, 0.6) is 17.2 Å². The molecule has 0 amide bonds. The van der Waals surface area contributed by atoms with E-state index in [9.17, 15) is 4.79 Å². The number of hydrogen-bond acceptors (Lipinski definition) is 4. The van der Waals surface area contributed by atoms with Gasteiger partial charge in [0.05, 0.1) is 19.8 Å². The molecule has 27 heavy (non-hydrogen) atoms. The minimum atomic E-state index is -0.0591. The Balaban J connectivity index is 2.19. The molecule has 0 N–H and O–H groups in total. The summed E-state index contributed by atoms with van der Waals surface area (Å²) in [5.74, 6) is 2.22. The molecule has 4 heteroatoms. The highest BCUT2D eigenvalue weighted by molar-refractivity contribution is 6.07. The minimum Gasteiger partial charge on any atom is -0.494 e. The molecular weight excluding hydrogens is 340 g/mol. The van der Waals surface area contributed by atoms with Gasteiger partial charge in [0, 0.05) is 11.6 Å². The maximum atomic E-state index is 12.5. The third kappa shape index (κ3) is 5.88. The van der Waals surface area contributed by atoms with Gasteiger partial charge in [-0.2, -0.15) is 0 Å². The highest BCUT2D eigenvalue weighted by Crippen LogP contribution is 2.29. The summed E-state index contributed by atoms with van der Waals surface area (Å²) in [6.45, 7) is 9.73. The van der Waals surface area contributed by atoms with Gasteiger partial charge in [-0.25, -0.2) is 0 Å². The van der Waals surface area contributed by atoms with E-state index in [0.717, 1.165) is 34.8 Å². The first kappa shape index (κ1) is 20.6. The van der Waals surface area contributed by atoms with Crippen molar-refractivity contribution in [3.05, 3.63) is 59.2 Å². The van der Waals surface area contributed by atoms with Crippen LogP contribution in [-0.4, -0.2) is 25.6 Å². The molecule has 0 unspecified atom stereocenters. The van der Waals surface area contributed by atoms with Gasteiger partial charge in [0.15, 0.2) is 5.78 Å². The molecule has 0 atom stereocenters. The second-order valence-corrected chi connectivity index (χ2v) is 6.07. The number of carbonyl (C=O) groups is 1. The summed E-state index contributed by atoms with van der Waals surface area (Å²) < 4.78 is 16.9. The quantitative estimate of drug-likeness (QED) is 0.412. The molecule has 0 spiro atoms. The van der Waals surface area contributed by atoms with E-state index < -0.39 is 0 Å². The lowest BCUT2D eigenvalue weighted by Crippen LogP contribution is -1.99. The van der Waals surface area contributed by atoms with Crippen LogP contribution in [0.4, 0.5) is 0 Å². The Labute approximate surface area is 161 Å².